The van der Waals surface area contributed by atoms with E-state index in [1.54, 1.807) is 43.0 Å². The number of nitrogens with two attached hydrogens (primary N) is 3. The third-order valence-corrected chi connectivity index (χ3v) is 7.06. The fourth-order valence-electron chi connectivity index (χ4n) is 4.90. The number of benzene rings is 3. The topological polar surface area (TPSA) is 170 Å². The monoisotopic (exact) mass is 512 g/mol. The molecule has 10 nitrogen and oxygen atoms in total. The summed E-state index contributed by atoms with van der Waals surface area (Å²) in [5.41, 5.74) is 22.2. The smallest absolute Gasteiger partial charge is 0.256 e. The first-order chi connectivity index (χ1) is 18.0. The molecule has 0 atom stereocenters. The summed E-state index contributed by atoms with van der Waals surface area (Å²) in [4.78, 5) is 38.5. The molecule has 10 heteroatoms. The van der Waals surface area contributed by atoms with E-state index >= 15 is 0 Å². The maximum absolute atomic E-state index is 13.3. The zero-order chi connectivity index (χ0) is 27.4. The van der Waals surface area contributed by atoms with Crippen LogP contribution in [0.25, 0.3) is 33.3 Å². The molecule has 1 aliphatic heterocycles. The number of aromatic amines is 1. The van der Waals surface area contributed by atoms with E-state index in [1.807, 2.05) is 24.3 Å². The first kappa shape index (κ1) is 24.8. The lowest BCUT2D eigenvalue weighted by Gasteiger charge is -2.27. The van der Waals surface area contributed by atoms with Gasteiger partial charge in [0, 0.05) is 29.7 Å². The first-order valence-corrected chi connectivity index (χ1v) is 12.0. The number of nitrogen functional groups attached to an aromatic ring is 1. The molecule has 1 aromatic heterocycles. The maximum Gasteiger partial charge on any atom is 0.256 e. The highest BCUT2D eigenvalue weighted by molar-refractivity contribution is 6.06. The van der Waals surface area contributed by atoms with Gasteiger partial charge in [0.2, 0.25) is 5.91 Å². The van der Waals surface area contributed by atoms with Gasteiger partial charge in [-0.1, -0.05) is 18.2 Å². The molecule has 194 valence electrons. The Kier molecular flexibility index (Phi) is 5.82. The molecule has 0 spiro atoms. The van der Waals surface area contributed by atoms with Gasteiger partial charge in [-0.2, -0.15) is 5.10 Å². The number of primary amides is 2. The van der Waals surface area contributed by atoms with Crippen LogP contribution < -0.4 is 21.9 Å². The van der Waals surface area contributed by atoms with Crippen molar-refractivity contribution >= 4 is 34.3 Å². The number of aromatic nitrogens is 2. The second-order valence-electron chi connectivity index (χ2n) is 10.1. The van der Waals surface area contributed by atoms with E-state index in [4.69, 9.17) is 21.9 Å². The third-order valence-electron chi connectivity index (χ3n) is 7.06. The van der Waals surface area contributed by atoms with Crippen LogP contribution in [0.4, 0.5) is 5.69 Å². The van der Waals surface area contributed by atoms with Gasteiger partial charge in [0.15, 0.2) is 0 Å². The molecular weight excluding hydrogens is 484 g/mol. The predicted molar refractivity (Wildman–Crippen MR) is 144 cm³/mol. The fourth-order valence-corrected chi connectivity index (χ4v) is 4.90. The Morgan fingerprint density at radius 3 is 2.50 bits per heavy atom. The van der Waals surface area contributed by atoms with Crippen LogP contribution in [0.5, 0.6) is 5.75 Å². The summed E-state index contributed by atoms with van der Waals surface area (Å²) in [7, 11) is 1.48. The quantitative estimate of drug-likeness (QED) is 0.277. The number of fused-ring (bicyclic) bond motifs is 2. The summed E-state index contributed by atoms with van der Waals surface area (Å²) in [6, 6.07) is 14.6. The first-order valence-electron chi connectivity index (χ1n) is 12.0. The number of rotatable bonds is 7. The van der Waals surface area contributed by atoms with Gasteiger partial charge in [-0.15, -0.1) is 0 Å². The van der Waals surface area contributed by atoms with Crippen LogP contribution in [0.2, 0.25) is 0 Å². The highest BCUT2D eigenvalue weighted by Crippen LogP contribution is 2.39. The number of methoxy groups -OCH3 is 1. The average molecular weight is 513 g/mol. The van der Waals surface area contributed by atoms with Crippen LogP contribution in [0, 0.1) is 5.41 Å². The standard InChI is InChI=1S/C28H28N6O4/c1-28(2,27(31)37)13-34-12-19-16(7-8-20(29)23(19)26(34)36)14-5-9-21-18(10-14)24(33-32-21)15-4-6-17(25(30)35)22(11-15)38-3/h4-11H,12-13,29H2,1-3H3,(H2,30,35)(H2,31,37)(H,32,33). The van der Waals surface area contributed by atoms with Gasteiger partial charge in [0.25, 0.3) is 11.8 Å². The summed E-state index contributed by atoms with van der Waals surface area (Å²) in [6.07, 6.45) is 0. The van der Waals surface area contributed by atoms with Gasteiger partial charge < -0.3 is 26.8 Å². The minimum Gasteiger partial charge on any atom is -0.496 e. The molecule has 0 aliphatic carbocycles. The van der Waals surface area contributed by atoms with E-state index in [-0.39, 0.29) is 18.0 Å². The van der Waals surface area contributed by atoms with E-state index in [0.29, 0.717) is 29.2 Å². The van der Waals surface area contributed by atoms with Gasteiger partial charge in [0.05, 0.1) is 29.2 Å². The molecule has 3 amide bonds. The minimum absolute atomic E-state index is 0.183. The number of nitrogens with zero attached hydrogens (tertiary/aromatic N) is 2. The maximum atomic E-state index is 13.3. The molecule has 0 radical (unpaired) electrons. The van der Waals surface area contributed by atoms with Crippen molar-refractivity contribution in [3.05, 3.63) is 65.2 Å². The summed E-state index contributed by atoms with van der Waals surface area (Å²) < 4.78 is 5.37. The number of carbonyl (C=O) groups is 3. The van der Waals surface area contributed by atoms with Crippen molar-refractivity contribution in [2.45, 2.75) is 20.4 Å². The predicted octanol–water partition coefficient (Wildman–Crippen LogP) is 3.05. The van der Waals surface area contributed by atoms with Crippen LogP contribution >= 0.6 is 0 Å². The second kappa shape index (κ2) is 8.91. The molecule has 0 saturated heterocycles. The van der Waals surface area contributed by atoms with E-state index in [9.17, 15) is 14.4 Å². The molecule has 5 rings (SSSR count). The largest absolute Gasteiger partial charge is 0.496 e. The second-order valence-corrected chi connectivity index (χ2v) is 10.1. The molecule has 7 N–H and O–H groups in total. The number of hydrogen-bond donors (Lipinski definition) is 4. The Balaban J connectivity index is 1.58. The van der Waals surface area contributed by atoms with Crippen molar-refractivity contribution in [3.8, 4) is 28.1 Å². The van der Waals surface area contributed by atoms with E-state index in [2.05, 4.69) is 10.2 Å². The summed E-state index contributed by atoms with van der Waals surface area (Å²) >= 11 is 0. The Labute approximate surface area is 218 Å². The Bertz CT molecular complexity index is 1640. The number of carbonyl (C=O) groups excluding carboxylic acids is 3. The molecule has 0 bridgehead atoms. The van der Waals surface area contributed by atoms with Gasteiger partial charge in [-0.05, 0) is 60.9 Å². The molecule has 0 saturated carbocycles. The highest BCUT2D eigenvalue weighted by Gasteiger charge is 2.37. The molecule has 0 fully saturated rings. The van der Waals surface area contributed by atoms with Gasteiger partial charge >= 0.3 is 0 Å². The zero-order valence-electron chi connectivity index (χ0n) is 21.3. The van der Waals surface area contributed by atoms with Crippen LogP contribution in [-0.2, 0) is 11.3 Å². The molecular formula is C28H28N6O4. The SMILES string of the molecule is COc1cc(-c2n[nH]c3ccc(-c4ccc(N)c5c4CN(CC(C)(C)C(N)=O)C5=O)cc23)ccc1C(N)=O. The minimum atomic E-state index is -0.887. The van der Waals surface area contributed by atoms with Crippen molar-refractivity contribution in [2.75, 3.05) is 19.4 Å². The third kappa shape index (κ3) is 4.00. The van der Waals surface area contributed by atoms with Crippen LogP contribution in [0.15, 0.2) is 48.5 Å². The van der Waals surface area contributed by atoms with Crippen molar-refractivity contribution in [3.63, 3.8) is 0 Å². The van der Waals surface area contributed by atoms with Crippen LogP contribution in [0.3, 0.4) is 0 Å². The number of hydrogen-bond acceptors (Lipinski definition) is 6. The van der Waals surface area contributed by atoms with Crippen LogP contribution in [-0.4, -0.2) is 46.5 Å². The number of H-pyrrole nitrogens is 1. The number of ether oxygens (including phenoxy) is 1. The summed E-state index contributed by atoms with van der Waals surface area (Å²) in [5.74, 6) is -0.924. The molecule has 3 aromatic carbocycles. The fraction of sp³-hybridized carbons (Fsp3) is 0.214. The average Bonchev–Trinajstić information content (AvgIpc) is 3.44. The Morgan fingerprint density at radius 2 is 1.82 bits per heavy atom. The number of nitrogens with one attached hydrogen (secondary N) is 1. The Hall–Kier alpha value is -4.86. The normalized spacial score (nSPS) is 13.1. The molecule has 1 aliphatic rings. The molecule has 2 heterocycles. The lowest BCUT2D eigenvalue weighted by atomic mass is 9.92. The molecule has 38 heavy (non-hydrogen) atoms. The highest BCUT2D eigenvalue weighted by atomic mass is 16.5. The summed E-state index contributed by atoms with van der Waals surface area (Å²) in [5, 5.41) is 8.38. The van der Waals surface area contributed by atoms with Crippen molar-refractivity contribution in [1.82, 2.24) is 15.1 Å². The van der Waals surface area contributed by atoms with Gasteiger partial charge in [-0.25, -0.2) is 0 Å². The van der Waals surface area contributed by atoms with Crippen molar-refractivity contribution < 1.29 is 19.1 Å². The lowest BCUT2D eigenvalue weighted by molar-refractivity contribution is -0.126. The van der Waals surface area contributed by atoms with Crippen LogP contribution in [0.1, 0.15) is 40.1 Å². The Morgan fingerprint density at radius 1 is 1.08 bits per heavy atom. The van der Waals surface area contributed by atoms with E-state index in [0.717, 1.165) is 33.2 Å². The van der Waals surface area contributed by atoms with Crippen molar-refractivity contribution in [1.29, 1.82) is 0 Å². The van der Waals surface area contributed by atoms with Crippen molar-refractivity contribution in [2.24, 2.45) is 16.9 Å². The molecule has 0 unspecified atom stereocenters. The lowest BCUT2D eigenvalue weighted by Crippen LogP contribution is -2.42. The van der Waals surface area contributed by atoms with E-state index < -0.39 is 17.2 Å². The van der Waals surface area contributed by atoms with Gasteiger partial charge in [0.1, 0.15) is 11.4 Å². The number of anilines is 1. The van der Waals surface area contributed by atoms with E-state index in [1.165, 1.54) is 7.11 Å². The molecule has 4 aromatic rings. The number of amides is 3. The summed E-state index contributed by atoms with van der Waals surface area (Å²) in [6.45, 7) is 3.93. The van der Waals surface area contributed by atoms with Gasteiger partial charge in [-0.3, -0.25) is 19.5 Å². The zero-order valence-corrected chi connectivity index (χ0v) is 21.3.